The first-order valence-corrected chi connectivity index (χ1v) is 51.8. The molecule has 0 radical (unpaired) electrons. The first-order valence-electron chi connectivity index (χ1n) is 45.1. The van der Waals surface area contributed by atoms with E-state index in [-0.39, 0.29) is 80.3 Å². The zero-order valence-electron chi connectivity index (χ0n) is 80.1. The van der Waals surface area contributed by atoms with E-state index >= 15 is 0 Å². The highest BCUT2D eigenvalue weighted by atomic mass is 35.5. The summed E-state index contributed by atoms with van der Waals surface area (Å²) >= 11 is 12.4. The summed E-state index contributed by atoms with van der Waals surface area (Å²) in [5.41, 5.74) is 15.9. The SMILES string of the molecule is CC1CN(c2ncccc2C(=O)NS(=O)(=O)c2cccc(NCc3cccc(Cl)c3)n2)C(C)(C)C1.COc1cc(CO)cc(-c2ccc(C(=O)NS(=O)(=O)c3cccnc3N)c(N3C[C@@H](C)CC3(C)C)n2)c1.C[C@@H]1CN(c2nc(-c3ccccc3Cl)ccc2C(=O)NS(=O)(=O)c2cccnc2N)C(C)(C)C1.Cc1ccc(F)cc1-c1ccc(C(=O)NS(=O)(=O)c2ccc[nH]c2=O)c(N2C[C@@H](C)CC2(C)C)n1.[HH].[HH]. The Morgan fingerprint density at radius 1 is 0.475 bits per heavy atom. The van der Waals surface area contributed by atoms with E-state index in [4.69, 9.17) is 54.4 Å². The number of amides is 4. The highest BCUT2D eigenvalue weighted by Gasteiger charge is 2.45. The van der Waals surface area contributed by atoms with Gasteiger partial charge in [0, 0.05) is 109 Å². The monoisotopic (exact) mass is 2040 g/mol. The summed E-state index contributed by atoms with van der Waals surface area (Å²) < 4.78 is 131. The molecule has 11 N–H and O–H groups in total. The number of hydrogen-bond acceptors (Lipinski definition) is 29. The molecule has 4 aliphatic rings. The average Bonchev–Trinajstić information content (AvgIpc) is 1.73. The third-order valence-corrected chi connectivity index (χ3v) is 30.4. The number of ether oxygens (including phenoxy) is 1. The van der Waals surface area contributed by atoms with E-state index < -0.39 is 80.0 Å². The van der Waals surface area contributed by atoms with Crippen molar-refractivity contribution >= 4 is 128 Å². The molecule has 12 aromatic rings. The van der Waals surface area contributed by atoms with E-state index in [1.807, 2.05) is 71.7 Å². The molecule has 8 aromatic heterocycles. The Hall–Kier alpha value is -13.6. The van der Waals surface area contributed by atoms with Crippen molar-refractivity contribution in [1.82, 2.24) is 58.8 Å². The third-order valence-electron chi connectivity index (χ3n) is 24.5. The van der Waals surface area contributed by atoms with Crippen molar-refractivity contribution in [3.05, 3.63) is 278 Å². The molecule has 4 saturated heterocycles. The summed E-state index contributed by atoms with van der Waals surface area (Å²) in [6.45, 7) is 29.8. The second kappa shape index (κ2) is 42.5. The number of nitrogens with two attached hydrogens (primary N) is 2. The van der Waals surface area contributed by atoms with E-state index in [0.29, 0.717) is 129 Å². The molecule has 12 heterocycles. The summed E-state index contributed by atoms with van der Waals surface area (Å²) in [6, 6.07) is 49.5. The molecule has 4 aliphatic heterocycles. The zero-order chi connectivity index (χ0) is 102. The second-order valence-electron chi connectivity index (χ2n) is 37.9. The number of anilines is 7. The van der Waals surface area contributed by atoms with Crippen molar-refractivity contribution in [2.45, 2.75) is 171 Å². The number of aryl methyl sites for hydroxylation is 1. The largest absolute Gasteiger partial charge is 0.497 e. The van der Waals surface area contributed by atoms with Crippen molar-refractivity contribution in [1.29, 1.82) is 0 Å². The van der Waals surface area contributed by atoms with Crippen LogP contribution < -0.4 is 65.6 Å². The fourth-order valence-electron chi connectivity index (χ4n) is 18.4. The van der Waals surface area contributed by atoms with Crippen molar-refractivity contribution in [3.8, 4) is 39.5 Å². The molecule has 0 aliphatic carbocycles. The highest BCUT2D eigenvalue weighted by molar-refractivity contribution is 7.91. The minimum Gasteiger partial charge on any atom is -0.497 e. The number of sulfonamides is 4. The fourth-order valence-corrected chi connectivity index (χ4v) is 22.9. The fraction of sp³-hybridized carbons (Fsp3) is 0.320. The molecular weight excluding hydrogens is 1930 g/mol. The van der Waals surface area contributed by atoms with Crippen LogP contribution in [0.4, 0.5) is 45.1 Å². The number of halogens is 3. The molecule has 16 rings (SSSR count). The number of rotatable bonds is 24. The number of aromatic nitrogens is 8. The van der Waals surface area contributed by atoms with Gasteiger partial charge in [-0.2, -0.15) is 8.42 Å². The molecule has 4 amide bonds. The molecule has 4 fully saturated rings. The lowest BCUT2D eigenvalue weighted by Gasteiger charge is -2.34. The van der Waals surface area contributed by atoms with Gasteiger partial charge in [0.25, 0.3) is 69.3 Å². The standard InChI is InChI=1S/C26H31N5O5S.C25H28ClN5O3S.C25H27FN4O4S.C24H26ClN5O3S.2H2/c1-16-13-26(2,3)31(14-16)24-20(25(33)30-37(34,35)22-6-5-9-28-23(22)27)7-8-21(29-24)18-10-17(15-32)11-19(12-18)36-4;1-17-14-25(2,3)31(16-17)23-20(9-6-12-27-23)24(32)30-35(33,34)22-11-5-10-21(29-22)28-15-18-7-4-8-19(26)13-18;1-15-13-25(3,4)30(14-15)22-18(9-10-20(28-22)19-12-17(26)8-7-16(19)2)23(31)29-35(33,34)21-6-5-11-27-24(21)32;1-15-13-24(2,3)30(14-15)22-17(10-11-19(28-22)16-7-4-5-8-18(16)25)23(31)29-34(32,33)20-9-6-12-27-21(20)26;;/h5-12,16,32H,13-15H2,1-4H3,(H2,27,28)(H,30,33);4-13,17H,14-16H2,1-3H3,(H,28,29)(H,30,32);5-12,15H,13-14H2,1-4H3,(H,27,32)(H,29,31);4-12,15H,13-14H2,1-3H3,(H2,26,27)(H,29,31);2*1H/t16-;;2*15-;;/m0.00../s1. The molecule has 4 aromatic carbocycles. The van der Waals surface area contributed by atoms with Crippen LogP contribution in [-0.4, -0.2) is 158 Å². The third kappa shape index (κ3) is 24.5. The zero-order valence-corrected chi connectivity index (χ0v) is 84.9. The Kier molecular flexibility index (Phi) is 31.6. The lowest BCUT2D eigenvalue weighted by atomic mass is 9.97. The van der Waals surface area contributed by atoms with Crippen LogP contribution in [0.1, 0.15) is 170 Å². The first-order chi connectivity index (χ1) is 66.4. The Morgan fingerprint density at radius 2 is 0.915 bits per heavy atom. The number of hydrogen-bond donors (Lipinski definition) is 9. The number of pyridine rings is 8. The van der Waals surface area contributed by atoms with Gasteiger partial charge in [0.15, 0.2) is 9.92 Å². The van der Waals surface area contributed by atoms with Gasteiger partial charge in [-0.3, -0.25) is 24.0 Å². The highest BCUT2D eigenvalue weighted by Crippen LogP contribution is 2.44. The van der Waals surface area contributed by atoms with Crippen LogP contribution in [-0.2, 0) is 53.2 Å². The summed E-state index contributed by atoms with van der Waals surface area (Å²) in [7, 11) is -15.6. The summed E-state index contributed by atoms with van der Waals surface area (Å²) in [6.07, 6.45) is 9.22. The van der Waals surface area contributed by atoms with Gasteiger partial charge in [0.1, 0.15) is 62.1 Å². The van der Waals surface area contributed by atoms with Crippen LogP contribution >= 0.6 is 23.2 Å². The number of nitrogens with zero attached hydrogens (tertiary/aromatic N) is 11. The van der Waals surface area contributed by atoms with Crippen LogP contribution in [0.25, 0.3) is 33.8 Å². The number of aromatic amines is 1. The second-order valence-corrected chi connectivity index (χ2v) is 45.3. The molecule has 0 spiro atoms. The molecule has 41 heteroatoms. The number of H-pyrrole nitrogens is 1. The van der Waals surface area contributed by atoms with E-state index in [9.17, 15) is 67.1 Å². The minimum absolute atomic E-state index is 0. The first kappa shape index (κ1) is 105. The number of benzene rings is 4. The molecule has 746 valence electrons. The lowest BCUT2D eigenvalue weighted by molar-refractivity contribution is 0.0972. The maximum absolute atomic E-state index is 14.0. The average molecular weight is 2040 g/mol. The molecule has 34 nitrogen and oxygen atoms in total. The van der Waals surface area contributed by atoms with Crippen molar-refractivity contribution in [2.24, 2.45) is 23.7 Å². The Morgan fingerprint density at radius 3 is 1.38 bits per heavy atom. The van der Waals surface area contributed by atoms with Gasteiger partial charge in [-0.05, 0) is 274 Å². The number of carbonyl (C=O) groups excluding carboxylic acids is 4. The van der Waals surface area contributed by atoms with Gasteiger partial charge in [0.2, 0.25) is 0 Å². The molecule has 4 atom stereocenters. The van der Waals surface area contributed by atoms with Crippen LogP contribution in [0.5, 0.6) is 5.75 Å². The maximum atomic E-state index is 14.0. The number of aliphatic hydroxyl groups is 1. The van der Waals surface area contributed by atoms with E-state index in [1.165, 1.54) is 80.3 Å². The predicted molar refractivity (Wildman–Crippen MR) is 546 cm³/mol. The number of methoxy groups -OCH3 is 1. The van der Waals surface area contributed by atoms with Crippen LogP contribution in [0.2, 0.25) is 10.0 Å². The number of carbonyl (C=O) groups is 4. The predicted octanol–water partition coefficient (Wildman–Crippen LogP) is 15.7. The summed E-state index contributed by atoms with van der Waals surface area (Å²) in [4.78, 5) is 105. The van der Waals surface area contributed by atoms with Crippen molar-refractivity contribution < 1.29 is 69.9 Å². The normalized spacial score (nSPS) is 17.3. The van der Waals surface area contributed by atoms with Gasteiger partial charge in [0.05, 0.1) is 53.1 Å². The quantitative estimate of drug-likeness (QED) is 0.0271. The Balaban J connectivity index is 0.000000181. The summed E-state index contributed by atoms with van der Waals surface area (Å²) in [5.74, 6) is -0.177. The Bertz CT molecular complexity index is 7320. The van der Waals surface area contributed by atoms with Crippen LogP contribution in [0, 0.1) is 36.4 Å². The van der Waals surface area contributed by atoms with Gasteiger partial charge in [-0.25, -0.2) is 83.4 Å². The molecule has 1 unspecified atom stereocenters. The maximum Gasteiger partial charge on any atom is 0.281 e. The molecule has 0 saturated carbocycles. The smallest absolute Gasteiger partial charge is 0.281 e. The number of nitrogens with one attached hydrogen (secondary N) is 6. The number of nitrogen functional groups attached to an aromatic ring is 2. The van der Waals surface area contributed by atoms with Gasteiger partial charge >= 0.3 is 0 Å². The number of aliphatic hydroxyl groups excluding tert-OH is 1. The topological polar surface area (TPSA) is 483 Å². The van der Waals surface area contributed by atoms with Crippen LogP contribution in [0.3, 0.4) is 0 Å². The van der Waals surface area contributed by atoms with Crippen LogP contribution in [0.15, 0.2) is 237 Å². The van der Waals surface area contributed by atoms with Gasteiger partial charge in [-0.15, -0.1) is 0 Å². The van der Waals surface area contributed by atoms with Gasteiger partial charge < -0.3 is 51.2 Å². The van der Waals surface area contributed by atoms with E-state index in [0.717, 1.165) is 55.0 Å². The van der Waals surface area contributed by atoms with Crippen molar-refractivity contribution in [3.63, 3.8) is 0 Å². The molecule has 0 bridgehead atoms. The lowest BCUT2D eigenvalue weighted by Crippen LogP contribution is -2.41. The van der Waals surface area contributed by atoms with Crippen molar-refractivity contribution in [2.75, 3.05) is 69.7 Å². The van der Waals surface area contributed by atoms with E-state index in [1.54, 1.807) is 97.2 Å². The molecular formula is C100H116Cl2FN19O15S4. The summed E-state index contributed by atoms with van der Waals surface area (Å²) in [5, 5.41) is 13.6. The molecule has 141 heavy (non-hydrogen) atoms. The van der Waals surface area contributed by atoms with E-state index in [2.05, 4.69) is 123 Å². The minimum atomic E-state index is -4.43. The Labute approximate surface area is 832 Å². The van der Waals surface area contributed by atoms with Gasteiger partial charge in [-0.1, -0.05) is 93.4 Å².